The average Bonchev–Trinajstić information content (AvgIpc) is 3.30. The third-order valence-corrected chi connectivity index (χ3v) is 6.71. The van der Waals surface area contributed by atoms with Gasteiger partial charge in [-0.1, -0.05) is 30.3 Å². The molecule has 1 fully saturated rings. The molecule has 2 aliphatic rings. The number of carbonyl (C=O) groups is 2. The lowest BCUT2D eigenvalue weighted by atomic mass is 9.97. The first kappa shape index (κ1) is 19.8. The summed E-state index contributed by atoms with van der Waals surface area (Å²) >= 11 is 1.43. The van der Waals surface area contributed by atoms with Crippen molar-refractivity contribution >= 4 is 28.8 Å². The van der Waals surface area contributed by atoms with E-state index >= 15 is 0 Å². The van der Waals surface area contributed by atoms with Crippen LogP contribution in [0.3, 0.4) is 0 Å². The van der Waals surface area contributed by atoms with Gasteiger partial charge in [0.05, 0.1) is 12.2 Å². The molecule has 3 aromatic rings. The summed E-state index contributed by atoms with van der Waals surface area (Å²) < 4.78 is 5.87. The van der Waals surface area contributed by atoms with Gasteiger partial charge in [0.25, 0.3) is 11.8 Å². The standard InChI is InChI=1S/C24H23N3O3S/c28-22(20-15-31-23(26-20)16-6-2-1-3-7-16)25-17-9-10-21-19(14-17)24(29)27-12-5-4-8-18(27)11-13-30-21/h1-3,6-7,9-10,14-15,18H,4-5,8,11-13H2,(H,25,28). The van der Waals surface area contributed by atoms with E-state index < -0.39 is 0 Å². The van der Waals surface area contributed by atoms with Gasteiger partial charge in [-0.2, -0.15) is 0 Å². The minimum atomic E-state index is -0.298. The Morgan fingerprint density at radius 3 is 2.87 bits per heavy atom. The minimum Gasteiger partial charge on any atom is -0.493 e. The van der Waals surface area contributed by atoms with Crippen molar-refractivity contribution in [1.82, 2.24) is 9.88 Å². The second kappa shape index (κ2) is 8.51. The van der Waals surface area contributed by atoms with E-state index in [1.165, 1.54) is 11.3 Å². The van der Waals surface area contributed by atoms with Crippen LogP contribution >= 0.6 is 11.3 Å². The molecule has 0 spiro atoms. The number of aromatic nitrogens is 1. The number of thiazole rings is 1. The third kappa shape index (κ3) is 4.05. The van der Waals surface area contributed by atoms with Crippen LogP contribution in [0.2, 0.25) is 0 Å². The number of nitrogens with one attached hydrogen (secondary N) is 1. The lowest BCUT2D eigenvalue weighted by Gasteiger charge is -2.37. The second-order valence-electron chi connectivity index (χ2n) is 7.85. The first-order valence-electron chi connectivity index (χ1n) is 10.6. The molecule has 1 unspecified atom stereocenters. The summed E-state index contributed by atoms with van der Waals surface area (Å²) in [6.07, 6.45) is 4.06. The number of hydrogen-bond donors (Lipinski definition) is 1. The number of fused-ring (bicyclic) bond motifs is 2. The molecule has 0 saturated carbocycles. The smallest absolute Gasteiger partial charge is 0.275 e. The Balaban J connectivity index is 1.37. The molecule has 3 heterocycles. The lowest BCUT2D eigenvalue weighted by molar-refractivity contribution is 0.0548. The van der Waals surface area contributed by atoms with Crippen molar-refractivity contribution in [3.8, 4) is 16.3 Å². The van der Waals surface area contributed by atoms with E-state index in [0.29, 0.717) is 29.3 Å². The fourth-order valence-corrected chi connectivity index (χ4v) is 5.02. The second-order valence-corrected chi connectivity index (χ2v) is 8.71. The number of nitrogens with zero attached hydrogens (tertiary/aromatic N) is 2. The van der Waals surface area contributed by atoms with E-state index in [-0.39, 0.29) is 17.9 Å². The van der Waals surface area contributed by atoms with E-state index in [1.54, 1.807) is 23.6 Å². The summed E-state index contributed by atoms with van der Waals surface area (Å²) in [5.41, 5.74) is 2.40. The van der Waals surface area contributed by atoms with Crippen molar-refractivity contribution in [1.29, 1.82) is 0 Å². The lowest BCUT2D eigenvalue weighted by Crippen LogP contribution is -2.45. The number of rotatable bonds is 3. The van der Waals surface area contributed by atoms with Crippen LogP contribution in [0.1, 0.15) is 46.5 Å². The van der Waals surface area contributed by atoms with Gasteiger partial charge in [0, 0.05) is 35.6 Å². The summed E-state index contributed by atoms with van der Waals surface area (Å²) in [5.74, 6) is 0.260. The van der Waals surface area contributed by atoms with Crippen molar-refractivity contribution in [2.75, 3.05) is 18.5 Å². The predicted molar refractivity (Wildman–Crippen MR) is 121 cm³/mol. The SMILES string of the molecule is O=C(Nc1ccc2c(c1)C(=O)N1CCCCC1CCO2)c1csc(-c2ccccc2)n1. The molecule has 1 atom stereocenters. The number of amides is 2. The van der Waals surface area contributed by atoms with Gasteiger partial charge < -0.3 is 15.0 Å². The highest BCUT2D eigenvalue weighted by molar-refractivity contribution is 7.13. The molecule has 0 aliphatic carbocycles. The van der Waals surface area contributed by atoms with Gasteiger partial charge in [-0.25, -0.2) is 4.98 Å². The molecule has 6 nitrogen and oxygen atoms in total. The largest absolute Gasteiger partial charge is 0.493 e. The topological polar surface area (TPSA) is 71.5 Å². The Labute approximate surface area is 184 Å². The van der Waals surface area contributed by atoms with Crippen LogP contribution in [0.25, 0.3) is 10.6 Å². The van der Waals surface area contributed by atoms with Crippen LogP contribution in [0.4, 0.5) is 5.69 Å². The summed E-state index contributed by atoms with van der Waals surface area (Å²) in [7, 11) is 0. The molecule has 7 heteroatoms. The maximum Gasteiger partial charge on any atom is 0.275 e. The molecule has 0 bridgehead atoms. The molecule has 1 aromatic heterocycles. The van der Waals surface area contributed by atoms with E-state index in [1.807, 2.05) is 35.2 Å². The van der Waals surface area contributed by atoms with Gasteiger partial charge in [0.1, 0.15) is 16.5 Å². The number of carbonyl (C=O) groups excluding carboxylic acids is 2. The number of ether oxygens (including phenoxy) is 1. The third-order valence-electron chi connectivity index (χ3n) is 5.82. The Kier molecular flexibility index (Phi) is 5.42. The molecule has 2 aliphatic heterocycles. The van der Waals surface area contributed by atoms with Gasteiger partial charge >= 0.3 is 0 Å². The fourth-order valence-electron chi connectivity index (χ4n) is 4.21. The van der Waals surface area contributed by atoms with Crippen LogP contribution in [0.5, 0.6) is 5.75 Å². The van der Waals surface area contributed by atoms with Crippen LogP contribution in [0.15, 0.2) is 53.9 Å². The van der Waals surface area contributed by atoms with Crippen molar-refractivity contribution in [3.05, 3.63) is 65.2 Å². The summed E-state index contributed by atoms with van der Waals surface area (Å²) in [6, 6.07) is 15.3. The molecule has 2 amide bonds. The first-order chi connectivity index (χ1) is 15.2. The molecule has 2 aromatic carbocycles. The Morgan fingerprint density at radius 1 is 1.13 bits per heavy atom. The average molecular weight is 434 g/mol. The maximum atomic E-state index is 13.2. The minimum absolute atomic E-state index is 0.0180. The molecule has 1 N–H and O–H groups in total. The Hall–Kier alpha value is -3.19. The number of anilines is 1. The van der Waals surface area contributed by atoms with Gasteiger partial charge in [0.15, 0.2) is 0 Å². The fraction of sp³-hybridized carbons (Fsp3) is 0.292. The zero-order valence-corrected chi connectivity index (χ0v) is 17.9. The van der Waals surface area contributed by atoms with Gasteiger partial charge in [0.2, 0.25) is 0 Å². The van der Waals surface area contributed by atoms with E-state index in [2.05, 4.69) is 10.3 Å². The molecule has 31 heavy (non-hydrogen) atoms. The van der Waals surface area contributed by atoms with E-state index in [9.17, 15) is 9.59 Å². The number of benzene rings is 2. The highest BCUT2D eigenvalue weighted by Gasteiger charge is 2.31. The van der Waals surface area contributed by atoms with Gasteiger partial charge in [-0.15, -0.1) is 11.3 Å². The number of hydrogen-bond acceptors (Lipinski definition) is 5. The van der Waals surface area contributed by atoms with Crippen LogP contribution in [0, 0.1) is 0 Å². The Morgan fingerprint density at radius 2 is 2.00 bits per heavy atom. The quantitative estimate of drug-likeness (QED) is 0.642. The molecular formula is C24H23N3O3S. The van der Waals surface area contributed by atoms with E-state index in [0.717, 1.165) is 42.8 Å². The van der Waals surface area contributed by atoms with E-state index in [4.69, 9.17) is 4.74 Å². The maximum absolute atomic E-state index is 13.2. The molecule has 5 rings (SSSR count). The monoisotopic (exact) mass is 433 g/mol. The van der Waals surface area contributed by atoms with Gasteiger partial charge in [-0.05, 0) is 37.5 Å². The summed E-state index contributed by atoms with van der Waals surface area (Å²) in [5, 5.41) is 5.42. The molecule has 158 valence electrons. The Bertz CT molecular complexity index is 1110. The van der Waals surface area contributed by atoms with Crippen LogP contribution in [-0.2, 0) is 0 Å². The predicted octanol–water partition coefficient (Wildman–Crippen LogP) is 4.84. The molecular weight excluding hydrogens is 410 g/mol. The van der Waals surface area contributed by atoms with Crippen molar-refractivity contribution in [3.63, 3.8) is 0 Å². The summed E-state index contributed by atoms with van der Waals surface area (Å²) in [6.45, 7) is 1.37. The van der Waals surface area contributed by atoms with Crippen molar-refractivity contribution in [2.24, 2.45) is 0 Å². The van der Waals surface area contributed by atoms with Crippen LogP contribution < -0.4 is 10.1 Å². The van der Waals surface area contributed by atoms with Crippen molar-refractivity contribution < 1.29 is 14.3 Å². The zero-order valence-electron chi connectivity index (χ0n) is 17.0. The zero-order chi connectivity index (χ0) is 21.2. The highest BCUT2D eigenvalue weighted by Crippen LogP contribution is 2.31. The highest BCUT2D eigenvalue weighted by atomic mass is 32.1. The summed E-state index contributed by atoms with van der Waals surface area (Å²) in [4.78, 5) is 32.4. The number of piperidine rings is 1. The van der Waals surface area contributed by atoms with Crippen LogP contribution in [-0.4, -0.2) is 40.9 Å². The molecule has 0 radical (unpaired) electrons. The normalized spacial score (nSPS) is 18.3. The molecule has 1 saturated heterocycles. The van der Waals surface area contributed by atoms with Crippen molar-refractivity contribution in [2.45, 2.75) is 31.7 Å². The first-order valence-corrected chi connectivity index (χ1v) is 11.5. The van der Waals surface area contributed by atoms with Gasteiger partial charge in [-0.3, -0.25) is 9.59 Å².